The van der Waals surface area contributed by atoms with Gasteiger partial charge in [-0.15, -0.1) is 0 Å². The van der Waals surface area contributed by atoms with Gasteiger partial charge in [0, 0.05) is 20.1 Å². The highest BCUT2D eigenvalue weighted by Gasteiger charge is 2.07. The van der Waals surface area contributed by atoms with Crippen molar-refractivity contribution in [3.05, 3.63) is 23.9 Å². The Labute approximate surface area is 88.2 Å². The van der Waals surface area contributed by atoms with Crippen molar-refractivity contribution < 1.29 is 14.3 Å². The van der Waals surface area contributed by atoms with Crippen molar-refractivity contribution in [2.45, 2.75) is 6.42 Å². The monoisotopic (exact) mass is 210 g/mol. The van der Waals surface area contributed by atoms with Gasteiger partial charge in [0.05, 0.1) is 6.61 Å². The van der Waals surface area contributed by atoms with Crippen LogP contribution < -0.4 is 5.73 Å². The average molecular weight is 210 g/mol. The van der Waals surface area contributed by atoms with Crippen LogP contribution in [0.1, 0.15) is 16.9 Å². The summed E-state index contributed by atoms with van der Waals surface area (Å²) in [5.74, 6) is -0.153. The number of anilines is 1. The molecule has 82 valence electrons. The molecule has 0 unspecified atom stereocenters. The quantitative estimate of drug-likeness (QED) is 0.576. The minimum absolute atomic E-state index is 0.229. The summed E-state index contributed by atoms with van der Waals surface area (Å²) in [5, 5.41) is 0. The fourth-order valence-electron chi connectivity index (χ4n) is 1.01. The van der Waals surface area contributed by atoms with Gasteiger partial charge in [-0.3, -0.25) is 0 Å². The van der Waals surface area contributed by atoms with E-state index in [9.17, 15) is 4.79 Å². The molecule has 1 aromatic rings. The van der Waals surface area contributed by atoms with Crippen LogP contribution >= 0.6 is 0 Å². The number of carbonyl (C=O) groups excluding carboxylic acids is 1. The SMILES string of the molecule is COCCCOC(=O)c1cccc(N)n1. The molecule has 0 aromatic carbocycles. The van der Waals surface area contributed by atoms with Crippen molar-refractivity contribution in [3.63, 3.8) is 0 Å². The summed E-state index contributed by atoms with van der Waals surface area (Å²) in [6.07, 6.45) is 0.671. The molecule has 1 rings (SSSR count). The van der Waals surface area contributed by atoms with Gasteiger partial charge in [-0.1, -0.05) is 6.07 Å². The maximum atomic E-state index is 11.4. The van der Waals surface area contributed by atoms with E-state index in [4.69, 9.17) is 15.2 Å². The van der Waals surface area contributed by atoms with Crippen LogP contribution in [0, 0.1) is 0 Å². The molecule has 0 atom stereocenters. The molecule has 0 amide bonds. The Morgan fingerprint density at radius 1 is 1.47 bits per heavy atom. The van der Waals surface area contributed by atoms with Crippen LogP contribution in [0.25, 0.3) is 0 Å². The molecule has 0 saturated carbocycles. The number of rotatable bonds is 5. The second-order valence-electron chi connectivity index (χ2n) is 2.93. The molecule has 0 aliphatic rings. The van der Waals surface area contributed by atoms with E-state index >= 15 is 0 Å². The van der Waals surface area contributed by atoms with E-state index in [0.717, 1.165) is 0 Å². The van der Waals surface area contributed by atoms with Crippen molar-refractivity contribution >= 4 is 11.8 Å². The highest BCUT2D eigenvalue weighted by atomic mass is 16.5. The van der Waals surface area contributed by atoms with Crippen molar-refractivity contribution in [1.29, 1.82) is 0 Å². The Morgan fingerprint density at radius 2 is 2.27 bits per heavy atom. The average Bonchev–Trinajstić information content (AvgIpc) is 2.24. The second-order valence-corrected chi connectivity index (χ2v) is 2.93. The summed E-state index contributed by atoms with van der Waals surface area (Å²) < 4.78 is 9.77. The largest absolute Gasteiger partial charge is 0.461 e. The lowest BCUT2D eigenvalue weighted by Gasteiger charge is -2.03. The van der Waals surface area contributed by atoms with Crippen molar-refractivity contribution in [2.75, 3.05) is 26.1 Å². The molecule has 15 heavy (non-hydrogen) atoms. The molecule has 1 heterocycles. The maximum Gasteiger partial charge on any atom is 0.357 e. The number of pyridine rings is 1. The van der Waals surface area contributed by atoms with E-state index in [2.05, 4.69) is 4.98 Å². The molecule has 5 nitrogen and oxygen atoms in total. The molecular weight excluding hydrogens is 196 g/mol. The Kier molecular flexibility index (Phi) is 4.56. The third-order valence-electron chi connectivity index (χ3n) is 1.71. The number of methoxy groups -OCH3 is 1. The molecule has 1 aromatic heterocycles. The standard InChI is InChI=1S/C10H14N2O3/c1-14-6-3-7-15-10(13)8-4-2-5-9(11)12-8/h2,4-5H,3,6-7H2,1H3,(H2,11,12). The number of carbonyl (C=O) groups is 1. The zero-order valence-corrected chi connectivity index (χ0v) is 8.60. The van der Waals surface area contributed by atoms with Crippen molar-refractivity contribution in [1.82, 2.24) is 4.98 Å². The van der Waals surface area contributed by atoms with Crippen LogP contribution in [0.3, 0.4) is 0 Å². The van der Waals surface area contributed by atoms with Crippen LogP contribution in [0.2, 0.25) is 0 Å². The van der Waals surface area contributed by atoms with E-state index in [1.807, 2.05) is 0 Å². The highest BCUT2D eigenvalue weighted by Crippen LogP contribution is 2.02. The third kappa shape index (κ3) is 3.95. The maximum absolute atomic E-state index is 11.4. The Hall–Kier alpha value is -1.62. The molecular formula is C10H14N2O3. The number of hydrogen-bond donors (Lipinski definition) is 1. The predicted molar refractivity (Wildman–Crippen MR) is 55.4 cm³/mol. The van der Waals surface area contributed by atoms with Gasteiger partial charge in [0.15, 0.2) is 5.69 Å². The number of nitrogen functional groups attached to an aromatic ring is 1. The number of esters is 1. The summed E-state index contributed by atoms with van der Waals surface area (Å²) >= 11 is 0. The fraction of sp³-hybridized carbons (Fsp3) is 0.400. The first kappa shape index (κ1) is 11.5. The summed E-state index contributed by atoms with van der Waals surface area (Å²) in [4.78, 5) is 15.2. The van der Waals surface area contributed by atoms with Crippen molar-refractivity contribution in [2.24, 2.45) is 0 Å². The first-order valence-corrected chi connectivity index (χ1v) is 4.62. The van der Waals surface area contributed by atoms with Crippen molar-refractivity contribution in [3.8, 4) is 0 Å². The van der Waals surface area contributed by atoms with E-state index in [1.54, 1.807) is 25.3 Å². The van der Waals surface area contributed by atoms with Crippen LogP contribution in [0.4, 0.5) is 5.82 Å². The molecule has 0 saturated heterocycles. The molecule has 2 N–H and O–H groups in total. The van der Waals surface area contributed by atoms with Crippen LogP contribution in [-0.2, 0) is 9.47 Å². The van der Waals surface area contributed by atoms with Gasteiger partial charge in [0.25, 0.3) is 0 Å². The number of aromatic nitrogens is 1. The summed E-state index contributed by atoms with van der Waals surface area (Å²) in [6, 6.07) is 4.84. The first-order chi connectivity index (χ1) is 7.24. The van der Waals surface area contributed by atoms with Gasteiger partial charge in [-0.2, -0.15) is 0 Å². The fourth-order valence-corrected chi connectivity index (χ4v) is 1.01. The number of hydrogen-bond acceptors (Lipinski definition) is 5. The second kappa shape index (κ2) is 5.98. The Morgan fingerprint density at radius 3 is 2.93 bits per heavy atom. The minimum atomic E-state index is -0.460. The number of ether oxygens (including phenoxy) is 2. The van der Waals surface area contributed by atoms with E-state index in [0.29, 0.717) is 25.5 Å². The third-order valence-corrected chi connectivity index (χ3v) is 1.71. The minimum Gasteiger partial charge on any atom is -0.461 e. The zero-order chi connectivity index (χ0) is 11.1. The van der Waals surface area contributed by atoms with Crippen LogP contribution in [0.5, 0.6) is 0 Å². The van der Waals surface area contributed by atoms with E-state index in [1.165, 1.54) is 0 Å². The lowest BCUT2D eigenvalue weighted by molar-refractivity contribution is 0.0462. The molecule has 0 fully saturated rings. The van der Waals surface area contributed by atoms with Crippen LogP contribution in [-0.4, -0.2) is 31.3 Å². The molecule has 0 spiro atoms. The van der Waals surface area contributed by atoms with E-state index in [-0.39, 0.29) is 5.69 Å². The molecule has 0 aliphatic carbocycles. The lowest BCUT2D eigenvalue weighted by atomic mass is 10.3. The smallest absolute Gasteiger partial charge is 0.357 e. The van der Waals surface area contributed by atoms with Gasteiger partial charge in [-0.05, 0) is 12.1 Å². The zero-order valence-electron chi connectivity index (χ0n) is 8.60. The summed E-state index contributed by atoms with van der Waals surface area (Å²) in [7, 11) is 1.60. The summed E-state index contributed by atoms with van der Waals surface area (Å²) in [6.45, 7) is 0.890. The topological polar surface area (TPSA) is 74.4 Å². The van der Waals surface area contributed by atoms with Gasteiger partial charge in [-0.25, -0.2) is 9.78 Å². The van der Waals surface area contributed by atoms with Gasteiger partial charge >= 0.3 is 5.97 Å². The Balaban J connectivity index is 2.40. The predicted octanol–water partition coefficient (Wildman–Crippen LogP) is 0.857. The van der Waals surface area contributed by atoms with Gasteiger partial charge in [0.1, 0.15) is 5.82 Å². The molecule has 5 heteroatoms. The molecule has 0 aliphatic heterocycles. The van der Waals surface area contributed by atoms with Gasteiger partial charge in [0.2, 0.25) is 0 Å². The first-order valence-electron chi connectivity index (χ1n) is 4.62. The lowest BCUT2D eigenvalue weighted by Crippen LogP contribution is -2.10. The van der Waals surface area contributed by atoms with Crippen LogP contribution in [0.15, 0.2) is 18.2 Å². The number of nitrogens with two attached hydrogens (primary N) is 1. The Bertz CT molecular complexity index is 328. The normalized spacial score (nSPS) is 9.93. The van der Waals surface area contributed by atoms with Gasteiger partial charge < -0.3 is 15.2 Å². The summed E-state index contributed by atoms with van der Waals surface area (Å²) in [5.41, 5.74) is 5.66. The highest BCUT2D eigenvalue weighted by molar-refractivity contribution is 5.87. The molecule has 0 radical (unpaired) electrons. The van der Waals surface area contributed by atoms with E-state index < -0.39 is 5.97 Å². The number of nitrogens with zero attached hydrogens (tertiary/aromatic N) is 1. The molecule has 0 bridgehead atoms.